The fourth-order valence-electron chi connectivity index (χ4n) is 2.70. The molecule has 0 radical (unpaired) electrons. The van der Waals surface area contributed by atoms with Crippen molar-refractivity contribution in [2.75, 3.05) is 13.1 Å². The number of hydrogen-bond donors (Lipinski definition) is 2. The highest BCUT2D eigenvalue weighted by molar-refractivity contribution is 7.88. The molecule has 0 spiro atoms. The van der Waals surface area contributed by atoms with Crippen molar-refractivity contribution in [3.8, 4) is 0 Å². The maximum Gasteiger partial charge on any atom is 0.217 e. The Hall–Kier alpha value is -0.920. The highest BCUT2D eigenvalue weighted by Gasteiger charge is 2.15. The maximum atomic E-state index is 11.9. The lowest BCUT2D eigenvalue weighted by atomic mass is 10.1. The first-order chi connectivity index (χ1) is 10.1. The van der Waals surface area contributed by atoms with Crippen molar-refractivity contribution in [3.63, 3.8) is 0 Å². The molecule has 0 atom stereocenters. The lowest BCUT2D eigenvalue weighted by Gasteiger charge is -2.16. The molecule has 0 saturated heterocycles. The van der Waals surface area contributed by atoms with Gasteiger partial charge in [0.05, 0.1) is 0 Å². The average molecular weight is 315 g/mol. The molecule has 2 N–H and O–H groups in total. The van der Waals surface area contributed by atoms with Crippen LogP contribution < -0.4 is 10.0 Å². The molecule has 1 saturated carbocycles. The molecule has 6 nitrogen and oxygen atoms in total. The van der Waals surface area contributed by atoms with Crippen molar-refractivity contribution >= 4 is 10.0 Å². The molecule has 1 heterocycles. The molecule has 2 rings (SSSR count). The lowest BCUT2D eigenvalue weighted by Crippen LogP contribution is -2.37. The molecule has 21 heavy (non-hydrogen) atoms. The van der Waals surface area contributed by atoms with Gasteiger partial charge < -0.3 is 9.84 Å². The molecule has 120 valence electrons. The van der Waals surface area contributed by atoms with Crippen LogP contribution in [0, 0.1) is 6.92 Å². The second kappa shape index (κ2) is 7.91. The first-order valence-electron chi connectivity index (χ1n) is 7.68. The van der Waals surface area contributed by atoms with Crippen LogP contribution >= 0.6 is 0 Å². The van der Waals surface area contributed by atoms with Crippen LogP contribution in [-0.4, -0.2) is 32.7 Å². The Morgan fingerprint density at radius 2 is 1.95 bits per heavy atom. The minimum atomic E-state index is -3.34. The third-order valence-electron chi connectivity index (χ3n) is 3.75. The summed E-state index contributed by atoms with van der Waals surface area (Å²) in [4.78, 5) is 0. The van der Waals surface area contributed by atoms with Crippen molar-refractivity contribution in [3.05, 3.63) is 17.5 Å². The standard InChI is InChI=1S/C14H25N3O3S/c1-12-10-14(17-20-12)11-21(18,19)16-9-8-15-13-6-4-2-3-5-7-13/h10,13,15-16H,2-9,11H2,1H3. The van der Waals surface area contributed by atoms with Crippen molar-refractivity contribution < 1.29 is 12.9 Å². The normalized spacial score (nSPS) is 17.8. The Morgan fingerprint density at radius 3 is 2.57 bits per heavy atom. The van der Waals surface area contributed by atoms with Crippen LogP contribution in [0.1, 0.15) is 50.0 Å². The van der Waals surface area contributed by atoms with Crippen molar-refractivity contribution in [1.82, 2.24) is 15.2 Å². The number of rotatable bonds is 7. The first kappa shape index (κ1) is 16.5. The van der Waals surface area contributed by atoms with Crippen molar-refractivity contribution in [2.24, 2.45) is 0 Å². The van der Waals surface area contributed by atoms with E-state index in [0.29, 0.717) is 30.6 Å². The van der Waals surface area contributed by atoms with E-state index in [1.807, 2.05) is 0 Å². The van der Waals surface area contributed by atoms with E-state index in [9.17, 15) is 8.42 Å². The van der Waals surface area contributed by atoms with E-state index >= 15 is 0 Å². The lowest BCUT2D eigenvalue weighted by molar-refractivity contribution is 0.392. The van der Waals surface area contributed by atoms with Gasteiger partial charge in [0, 0.05) is 25.2 Å². The molecule has 1 aromatic heterocycles. The van der Waals surface area contributed by atoms with Gasteiger partial charge in [-0.05, 0) is 19.8 Å². The number of aryl methyl sites for hydroxylation is 1. The highest BCUT2D eigenvalue weighted by Crippen LogP contribution is 2.16. The number of nitrogens with one attached hydrogen (secondary N) is 2. The van der Waals surface area contributed by atoms with E-state index < -0.39 is 10.0 Å². The van der Waals surface area contributed by atoms with Gasteiger partial charge in [-0.15, -0.1) is 0 Å². The maximum absolute atomic E-state index is 11.9. The van der Waals surface area contributed by atoms with Crippen LogP contribution in [0.15, 0.2) is 10.6 Å². The van der Waals surface area contributed by atoms with Crippen LogP contribution in [0.3, 0.4) is 0 Å². The van der Waals surface area contributed by atoms with E-state index in [0.717, 1.165) is 0 Å². The Morgan fingerprint density at radius 1 is 1.24 bits per heavy atom. The van der Waals surface area contributed by atoms with Gasteiger partial charge in [-0.1, -0.05) is 30.8 Å². The number of hydrogen-bond acceptors (Lipinski definition) is 5. The quantitative estimate of drug-likeness (QED) is 0.591. The summed E-state index contributed by atoms with van der Waals surface area (Å²) in [5, 5.41) is 7.14. The molecular weight excluding hydrogens is 290 g/mol. The smallest absolute Gasteiger partial charge is 0.217 e. The van der Waals surface area contributed by atoms with Crippen LogP contribution in [0.25, 0.3) is 0 Å². The zero-order chi connectivity index (χ0) is 15.1. The van der Waals surface area contributed by atoms with E-state index in [2.05, 4.69) is 15.2 Å². The largest absolute Gasteiger partial charge is 0.361 e. The Kier molecular flexibility index (Phi) is 6.20. The van der Waals surface area contributed by atoms with Crippen LogP contribution in [-0.2, 0) is 15.8 Å². The van der Waals surface area contributed by atoms with Gasteiger partial charge in [-0.2, -0.15) is 0 Å². The molecule has 0 amide bonds. The summed E-state index contributed by atoms with van der Waals surface area (Å²) in [7, 11) is -3.34. The zero-order valence-electron chi connectivity index (χ0n) is 12.6. The first-order valence-corrected chi connectivity index (χ1v) is 9.33. The fraction of sp³-hybridized carbons (Fsp3) is 0.786. The Balaban J connectivity index is 1.67. The number of sulfonamides is 1. The molecule has 1 aromatic rings. The summed E-state index contributed by atoms with van der Waals surface area (Å²) >= 11 is 0. The molecule has 0 bridgehead atoms. The second-order valence-corrected chi connectivity index (χ2v) is 7.53. The van der Waals surface area contributed by atoms with Crippen LogP contribution in [0.4, 0.5) is 0 Å². The predicted molar refractivity (Wildman–Crippen MR) is 81.4 cm³/mol. The van der Waals surface area contributed by atoms with Gasteiger partial charge in [0.1, 0.15) is 17.2 Å². The topological polar surface area (TPSA) is 84.2 Å². The Labute approximate surface area is 126 Å². The van der Waals surface area contributed by atoms with E-state index in [1.54, 1.807) is 13.0 Å². The van der Waals surface area contributed by atoms with E-state index in [1.165, 1.54) is 38.5 Å². The summed E-state index contributed by atoms with van der Waals surface area (Å²) < 4.78 is 31.3. The molecule has 7 heteroatoms. The van der Waals surface area contributed by atoms with Crippen LogP contribution in [0.5, 0.6) is 0 Å². The van der Waals surface area contributed by atoms with Gasteiger partial charge in [-0.3, -0.25) is 0 Å². The fourth-order valence-corrected chi connectivity index (χ4v) is 3.74. The van der Waals surface area contributed by atoms with Gasteiger partial charge in [-0.25, -0.2) is 13.1 Å². The molecule has 1 aliphatic carbocycles. The van der Waals surface area contributed by atoms with E-state index in [-0.39, 0.29) is 5.75 Å². The van der Waals surface area contributed by atoms with Gasteiger partial charge >= 0.3 is 0 Å². The summed E-state index contributed by atoms with van der Waals surface area (Å²) in [5.41, 5.74) is 0.441. The summed E-state index contributed by atoms with van der Waals surface area (Å²) in [6.45, 7) is 2.82. The van der Waals surface area contributed by atoms with Gasteiger partial charge in [0.2, 0.25) is 10.0 Å². The minimum Gasteiger partial charge on any atom is -0.361 e. The summed E-state index contributed by atoms with van der Waals surface area (Å²) in [6.07, 6.45) is 7.59. The SMILES string of the molecule is Cc1cc(CS(=O)(=O)NCCNC2CCCCCC2)no1. The molecule has 0 unspecified atom stereocenters. The van der Waals surface area contributed by atoms with Crippen molar-refractivity contribution in [1.29, 1.82) is 0 Å². The summed E-state index contributed by atoms with van der Waals surface area (Å²) in [6, 6.07) is 2.18. The molecule has 0 aliphatic heterocycles. The van der Waals surface area contributed by atoms with E-state index in [4.69, 9.17) is 4.52 Å². The molecule has 1 fully saturated rings. The number of aromatic nitrogens is 1. The van der Waals surface area contributed by atoms with Crippen LogP contribution in [0.2, 0.25) is 0 Å². The second-order valence-electron chi connectivity index (χ2n) is 5.72. The zero-order valence-corrected chi connectivity index (χ0v) is 13.4. The third-order valence-corrected chi connectivity index (χ3v) is 5.07. The highest BCUT2D eigenvalue weighted by atomic mass is 32.2. The predicted octanol–water partition coefficient (Wildman–Crippen LogP) is 1.71. The monoisotopic (exact) mass is 315 g/mol. The third kappa shape index (κ3) is 6.15. The van der Waals surface area contributed by atoms with Gasteiger partial charge in [0.15, 0.2) is 0 Å². The molecule has 1 aliphatic rings. The Bertz CT molecular complexity index is 519. The van der Waals surface area contributed by atoms with Crippen molar-refractivity contribution in [2.45, 2.75) is 57.2 Å². The summed E-state index contributed by atoms with van der Waals surface area (Å²) in [5.74, 6) is 0.489. The number of nitrogens with zero attached hydrogens (tertiary/aromatic N) is 1. The molecular formula is C14H25N3O3S. The average Bonchev–Trinajstić information content (AvgIpc) is 2.67. The van der Waals surface area contributed by atoms with Gasteiger partial charge in [0.25, 0.3) is 0 Å². The molecule has 0 aromatic carbocycles. The minimum absolute atomic E-state index is 0.131.